The van der Waals surface area contributed by atoms with Crippen molar-refractivity contribution in [3.05, 3.63) is 47.0 Å². The molecule has 5 nitrogen and oxygen atoms in total. The van der Waals surface area contributed by atoms with Gasteiger partial charge in [-0.15, -0.1) is 0 Å². The number of hydrazine groups is 1. The van der Waals surface area contributed by atoms with Crippen LogP contribution in [0.2, 0.25) is 5.02 Å². The molecule has 2 atom stereocenters. The number of benzene rings is 1. The number of imide groups is 1. The number of nitrogens with one attached hydrogen (secondary N) is 1. The van der Waals surface area contributed by atoms with Crippen LogP contribution >= 0.6 is 11.6 Å². The molecule has 6 heteroatoms. The molecule has 1 fully saturated rings. The van der Waals surface area contributed by atoms with E-state index in [1.54, 1.807) is 12.1 Å². The smallest absolute Gasteiger partial charge is 0.270 e. The summed E-state index contributed by atoms with van der Waals surface area (Å²) in [5.74, 6) is -1.88. The number of fused-ring (bicyclic) bond motifs is 1. The number of allylic oxidation sites excluding steroid dienone is 2. The fourth-order valence-corrected chi connectivity index (χ4v) is 2.80. The van der Waals surface area contributed by atoms with Crippen LogP contribution < -0.4 is 5.43 Å². The van der Waals surface area contributed by atoms with Crippen molar-refractivity contribution in [2.45, 2.75) is 12.8 Å². The Kier molecular flexibility index (Phi) is 3.51. The lowest BCUT2D eigenvalue weighted by Crippen LogP contribution is -2.46. The van der Waals surface area contributed by atoms with Crippen LogP contribution in [-0.4, -0.2) is 22.7 Å². The normalized spacial score (nSPS) is 24.1. The highest BCUT2D eigenvalue weighted by atomic mass is 35.5. The second-order valence-electron chi connectivity index (χ2n) is 5.12. The lowest BCUT2D eigenvalue weighted by molar-refractivity contribution is -0.142. The fraction of sp³-hybridized carbons (Fsp3) is 0.267. The van der Waals surface area contributed by atoms with Gasteiger partial charge in [-0.2, -0.15) is 5.01 Å². The molecule has 3 amide bonds. The molecule has 21 heavy (non-hydrogen) atoms. The van der Waals surface area contributed by atoms with Gasteiger partial charge in [0.25, 0.3) is 17.7 Å². The van der Waals surface area contributed by atoms with Gasteiger partial charge in [0.05, 0.1) is 11.8 Å². The van der Waals surface area contributed by atoms with Crippen molar-refractivity contribution in [2.75, 3.05) is 0 Å². The quantitative estimate of drug-likeness (QED) is 0.670. The Labute approximate surface area is 126 Å². The molecule has 2 aliphatic rings. The molecule has 1 aromatic carbocycles. The van der Waals surface area contributed by atoms with Crippen LogP contribution in [0.1, 0.15) is 23.2 Å². The molecule has 1 saturated heterocycles. The fourth-order valence-electron chi connectivity index (χ4n) is 2.68. The molecule has 1 N–H and O–H groups in total. The highest BCUT2D eigenvalue weighted by Crippen LogP contribution is 2.34. The monoisotopic (exact) mass is 304 g/mol. The van der Waals surface area contributed by atoms with Gasteiger partial charge in [-0.3, -0.25) is 19.8 Å². The average molecular weight is 305 g/mol. The van der Waals surface area contributed by atoms with Gasteiger partial charge >= 0.3 is 0 Å². The zero-order valence-corrected chi connectivity index (χ0v) is 11.8. The summed E-state index contributed by atoms with van der Waals surface area (Å²) in [7, 11) is 0. The highest BCUT2D eigenvalue weighted by molar-refractivity contribution is 6.30. The molecule has 1 aliphatic carbocycles. The Bertz CT molecular complexity index is 613. The Hall–Kier alpha value is -2.14. The molecule has 1 aliphatic heterocycles. The van der Waals surface area contributed by atoms with E-state index in [2.05, 4.69) is 5.43 Å². The summed E-state index contributed by atoms with van der Waals surface area (Å²) >= 11 is 5.76. The first-order chi connectivity index (χ1) is 10.1. The summed E-state index contributed by atoms with van der Waals surface area (Å²) in [5.41, 5.74) is 2.74. The average Bonchev–Trinajstić information content (AvgIpc) is 2.73. The predicted octanol–water partition coefficient (Wildman–Crippen LogP) is 1.94. The van der Waals surface area contributed by atoms with Gasteiger partial charge in [0.2, 0.25) is 0 Å². The van der Waals surface area contributed by atoms with Crippen molar-refractivity contribution in [1.82, 2.24) is 10.4 Å². The molecule has 1 heterocycles. The molecule has 1 aromatic rings. The molecule has 108 valence electrons. The summed E-state index contributed by atoms with van der Waals surface area (Å²) in [4.78, 5) is 36.5. The van der Waals surface area contributed by atoms with Crippen molar-refractivity contribution in [2.24, 2.45) is 11.8 Å². The van der Waals surface area contributed by atoms with Gasteiger partial charge in [-0.05, 0) is 37.1 Å². The Balaban J connectivity index is 1.76. The number of carbonyl (C=O) groups excluding carboxylic acids is 3. The molecule has 0 radical (unpaired) electrons. The first-order valence-corrected chi connectivity index (χ1v) is 7.05. The number of hydrogen-bond acceptors (Lipinski definition) is 3. The third kappa shape index (κ3) is 2.45. The zero-order valence-electron chi connectivity index (χ0n) is 11.1. The van der Waals surface area contributed by atoms with Crippen molar-refractivity contribution in [3.8, 4) is 0 Å². The highest BCUT2D eigenvalue weighted by Gasteiger charge is 2.48. The second kappa shape index (κ2) is 5.33. The van der Waals surface area contributed by atoms with Gasteiger partial charge in [0, 0.05) is 10.6 Å². The van der Waals surface area contributed by atoms with E-state index in [0.29, 0.717) is 23.4 Å². The molecule has 0 unspecified atom stereocenters. The first kappa shape index (κ1) is 13.8. The number of amides is 3. The van der Waals surface area contributed by atoms with Crippen molar-refractivity contribution < 1.29 is 14.4 Å². The Morgan fingerprint density at radius 2 is 1.57 bits per heavy atom. The van der Waals surface area contributed by atoms with Crippen LogP contribution in [0.25, 0.3) is 0 Å². The number of nitrogens with zero attached hydrogens (tertiary/aromatic N) is 1. The third-order valence-corrected chi connectivity index (χ3v) is 4.08. The minimum Gasteiger partial charge on any atom is -0.272 e. The van der Waals surface area contributed by atoms with Gasteiger partial charge in [0.1, 0.15) is 0 Å². The number of hydrogen-bond donors (Lipinski definition) is 1. The molecule has 3 rings (SSSR count). The maximum Gasteiger partial charge on any atom is 0.270 e. The van der Waals surface area contributed by atoms with Gasteiger partial charge in [-0.1, -0.05) is 23.8 Å². The number of rotatable bonds is 2. The summed E-state index contributed by atoms with van der Waals surface area (Å²) in [5, 5.41) is 1.37. The number of carbonyl (C=O) groups is 3. The zero-order chi connectivity index (χ0) is 15.0. The topological polar surface area (TPSA) is 66.5 Å². The molecule has 0 bridgehead atoms. The van der Waals surface area contributed by atoms with E-state index < -0.39 is 5.91 Å². The maximum atomic E-state index is 12.2. The Morgan fingerprint density at radius 1 is 1.05 bits per heavy atom. The number of halogens is 1. The van der Waals surface area contributed by atoms with Crippen LogP contribution in [0.5, 0.6) is 0 Å². The van der Waals surface area contributed by atoms with E-state index in [9.17, 15) is 14.4 Å². The van der Waals surface area contributed by atoms with Gasteiger partial charge in [-0.25, -0.2) is 0 Å². The lowest BCUT2D eigenvalue weighted by Gasteiger charge is -2.15. The maximum absolute atomic E-state index is 12.2. The summed E-state index contributed by atoms with van der Waals surface area (Å²) in [6, 6.07) is 6.23. The molecule has 0 saturated carbocycles. The van der Waals surface area contributed by atoms with Gasteiger partial charge in [0.15, 0.2) is 0 Å². The molecule has 0 spiro atoms. The van der Waals surface area contributed by atoms with Crippen LogP contribution in [-0.2, 0) is 9.59 Å². The van der Waals surface area contributed by atoms with E-state index in [1.165, 1.54) is 12.1 Å². The predicted molar refractivity (Wildman–Crippen MR) is 76.1 cm³/mol. The third-order valence-electron chi connectivity index (χ3n) is 3.83. The van der Waals surface area contributed by atoms with E-state index in [-0.39, 0.29) is 23.7 Å². The molecule has 0 aromatic heterocycles. The van der Waals surface area contributed by atoms with E-state index in [4.69, 9.17) is 11.6 Å². The largest absolute Gasteiger partial charge is 0.272 e. The standard InChI is InChI=1S/C15H13ClN2O3/c16-10-7-5-9(6-8-10)13(19)17-18-14(20)11-3-1-2-4-12(11)15(18)21/h1-2,5-8,11-12H,3-4H2,(H,17,19)/t11-,12-/m1/s1. The molecular weight excluding hydrogens is 292 g/mol. The van der Waals surface area contributed by atoms with Crippen molar-refractivity contribution in [3.63, 3.8) is 0 Å². The Morgan fingerprint density at radius 3 is 2.10 bits per heavy atom. The van der Waals surface area contributed by atoms with Crippen LogP contribution in [0.15, 0.2) is 36.4 Å². The van der Waals surface area contributed by atoms with E-state index in [0.717, 1.165) is 5.01 Å². The van der Waals surface area contributed by atoms with Crippen molar-refractivity contribution in [1.29, 1.82) is 0 Å². The summed E-state index contributed by atoms with van der Waals surface area (Å²) in [6.07, 6.45) is 4.89. The second-order valence-corrected chi connectivity index (χ2v) is 5.55. The minimum absolute atomic E-state index is 0.336. The summed E-state index contributed by atoms with van der Waals surface area (Å²) in [6.45, 7) is 0. The SMILES string of the molecule is O=C(NN1C(=O)[C@@H]2CC=CC[C@H]2C1=O)c1ccc(Cl)cc1. The first-order valence-electron chi connectivity index (χ1n) is 6.67. The minimum atomic E-state index is -0.500. The van der Waals surface area contributed by atoms with Gasteiger partial charge < -0.3 is 0 Å². The van der Waals surface area contributed by atoms with E-state index >= 15 is 0 Å². The summed E-state index contributed by atoms with van der Waals surface area (Å²) < 4.78 is 0. The van der Waals surface area contributed by atoms with Crippen LogP contribution in [0, 0.1) is 11.8 Å². The molecular formula is C15H13ClN2O3. The van der Waals surface area contributed by atoms with Crippen LogP contribution in [0.4, 0.5) is 0 Å². The van der Waals surface area contributed by atoms with Crippen LogP contribution in [0.3, 0.4) is 0 Å². The van der Waals surface area contributed by atoms with Crippen molar-refractivity contribution >= 4 is 29.3 Å². The lowest BCUT2D eigenvalue weighted by atomic mass is 9.85. The van der Waals surface area contributed by atoms with E-state index in [1.807, 2.05) is 12.2 Å².